The highest BCUT2D eigenvalue weighted by Gasteiger charge is 2.22. The van der Waals surface area contributed by atoms with Crippen molar-refractivity contribution in [2.45, 2.75) is 26.7 Å². The van der Waals surface area contributed by atoms with Crippen LogP contribution in [-0.4, -0.2) is 18.5 Å². The van der Waals surface area contributed by atoms with E-state index in [0.29, 0.717) is 23.4 Å². The van der Waals surface area contributed by atoms with Crippen molar-refractivity contribution in [2.75, 3.05) is 11.9 Å². The van der Waals surface area contributed by atoms with E-state index in [1.54, 1.807) is 6.92 Å². The van der Waals surface area contributed by atoms with Gasteiger partial charge in [-0.3, -0.25) is 4.79 Å². The Bertz CT molecular complexity index is 994. The predicted octanol–water partition coefficient (Wildman–Crippen LogP) is 6.23. The van der Waals surface area contributed by atoms with Gasteiger partial charge in [0, 0.05) is 21.8 Å². The van der Waals surface area contributed by atoms with E-state index in [9.17, 15) is 9.59 Å². The number of carbonyl (C=O) groups is 2. The highest BCUT2D eigenvalue weighted by Crippen LogP contribution is 2.36. The zero-order valence-electron chi connectivity index (χ0n) is 16.3. The van der Waals surface area contributed by atoms with Gasteiger partial charge < -0.3 is 10.1 Å². The lowest BCUT2D eigenvalue weighted by atomic mass is 10.0. The number of hydrogen-bond donors (Lipinski definition) is 1. The van der Waals surface area contributed by atoms with Crippen LogP contribution in [0.3, 0.4) is 0 Å². The second-order valence-electron chi connectivity index (χ2n) is 6.61. The second kappa shape index (κ2) is 9.85. The van der Waals surface area contributed by atoms with Crippen molar-refractivity contribution in [1.29, 1.82) is 0 Å². The van der Waals surface area contributed by atoms with Gasteiger partial charge >= 0.3 is 5.97 Å². The predicted molar refractivity (Wildman–Crippen MR) is 122 cm³/mol. The molecule has 0 fully saturated rings. The van der Waals surface area contributed by atoms with Crippen LogP contribution in [0.4, 0.5) is 5.00 Å². The Balaban J connectivity index is 1.78. The molecule has 1 heterocycles. The minimum absolute atomic E-state index is 0.125. The monoisotopic (exact) mass is 471 g/mol. The molecule has 1 aromatic heterocycles. The molecule has 6 heteroatoms. The fourth-order valence-corrected chi connectivity index (χ4v) is 4.14. The Morgan fingerprint density at radius 1 is 1.07 bits per heavy atom. The summed E-state index contributed by atoms with van der Waals surface area (Å²) in [6, 6.07) is 15.8. The Morgan fingerprint density at radius 2 is 1.76 bits per heavy atom. The van der Waals surface area contributed by atoms with Crippen LogP contribution in [0.1, 0.15) is 34.8 Å². The molecule has 29 heavy (non-hydrogen) atoms. The van der Waals surface area contributed by atoms with E-state index in [1.807, 2.05) is 60.8 Å². The van der Waals surface area contributed by atoms with Gasteiger partial charge in [0.2, 0.25) is 5.91 Å². The van der Waals surface area contributed by atoms with E-state index in [4.69, 9.17) is 4.74 Å². The van der Waals surface area contributed by atoms with Crippen molar-refractivity contribution in [2.24, 2.45) is 0 Å². The fourth-order valence-electron chi connectivity index (χ4n) is 2.90. The maximum absolute atomic E-state index is 12.6. The largest absolute Gasteiger partial charge is 0.462 e. The highest BCUT2D eigenvalue weighted by atomic mass is 79.9. The van der Waals surface area contributed by atoms with Crippen LogP contribution in [0.25, 0.3) is 11.1 Å². The highest BCUT2D eigenvalue weighted by molar-refractivity contribution is 9.10. The van der Waals surface area contributed by atoms with Crippen LogP contribution in [0, 0.1) is 6.92 Å². The van der Waals surface area contributed by atoms with Crippen LogP contribution in [0.15, 0.2) is 58.4 Å². The Labute approximate surface area is 183 Å². The molecular formula is C23H22BrNO3S. The summed E-state index contributed by atoms with van der Waals surface area (Å²) in [5.74, 6) is -0.555. The maximum Gasteiger partial charge on any atom is 0.341 e. The lowest BCUT2D eigenvalue weighted by molar-refractivity contribution is -0.116. The van der Waals surface area contributed by atoms with Crippen molar-refractivity contribution >= 4 is 44.1 Å². The van der Waals surface area contributed by atoms with Gasteiger partial charge in [0.05, 0.1) is 6.61 Å². The van der Waals surface area contributed by atoms with Crippen LogP contribution < -0.4 is 5.32 Å². The summed E-state index contributed by atoms with van der Waals surface area (Å²) in [5, 5.41) is 5.31. The van der Waals surface area contributed by atoms with Gasteiger partial charge in [-0.05, 0) is 43.5 Å². The molecule has 0 saturated heterocycles. The Kier molecular flexibility index (Phi) is 7.23. The number of thiophene rings is 1. The van der Waals surface area contributed by atoms with E-state index in [-0.39, 0.29) is 12.5 Å². The number of anilines is 1. The second-order valence-corrected chi connectivity index (χ2v) is 8.41. The number of ether oxygens (including phenoxy) is 1. The molecule has 150 valence electrons. The zero-order chi connectivity index (χ0) is 20.8. The molecule has 0 aliphatic rings. The molecule has 0 atom stereocenters. The first kappa shape index (κ1) is 21.3. The summed E-state index contributed by atoms with van der Waals surface area (Å²) in [5.41, 5.74) is 4.36. The summed E-state index contributed by atoms with van der Waals surface area (Å²) >= 11 is 4.76. The van der Waals surface area contributed by atoms with Gasteiger partial charge in [0.1, 0.15) is 10.6 Å². The number of amides is 1. The standard InChI is InChI=1S/C23H22BrNO3S/c1-3-28-23(27)21-19(17-9-11-18(24)12-10-17)14-29-22(21)25-20(26)13-8-16-6-4-15(2)5-7-16/h4-7,9-12,14H,3,8,13H2,1-2H3,(H,25,26). The SMILES string of the molecule is CCOC(=O)c1c(-c2ccc(Br)cc2)csc1NC(=O)CCc1ccc(C)cc1. The number of halogens is 1. The number of rotatable bonds is 7. The minimum Gasteiger partial charge on any atom is -0.462 e. The molecule has 0 spiro atoms. The van der Waals surface area contributed by atoms with Crippen LogP contribution in [0.2, 0.25) is 0 Å². The van der Waals surface area contributed by atoms with E-state index in [0.717, 1.165) is 21.2 Å². The molecule has 0 saturated carbocycles. The van der Waals surface area contributed by atoms with Gasteiger partial charge in [-0.2, -0.15) is 0 Å². The van der Waals surface area contributed by atoms with E-state index in [2.05, 4.69) is 21.2 Å². The number of esters is 1. The molecule has 4 nitrogen and oxygen atoms in total. The topological polar surface area (TPSA) is 55.4 Å². The molecule has 0 radical (unpaired) electrons. The minimum atomic E-state index is -0.430. The lowest BCUT2D eigenvalue weighted by Crippen LogP contribution is -2.15. The molecule has 1 N–H and O–H groups in total. The summed E-state index contributed by atoms with van der Waals surface area (Å²) < 4.78 is 6.20. The lowest BCUT2D eigenvalue weighted by Gasteiger charge is -2.09. The summed E-state index contributed by atoms with van der Waals surface area (Å²) in [4.78, 5) is 25.1. The van der Waals surface area contributed by atoms with Crippen molar-refractivity contribution in [1.82, 2.24) is 0 Å². The quantitative estimate of drug-likeness (QED) is 0.415. The van der Waals surface area contributed by atoms with Gasteiger partial charge in [-0.25, -0.2) is 4.79 Å². The molecule has 3 aromatic rings. The van der Waals surface area contributed by atoms with Gasteiger partial charge in [0.15, 0.2) is 0 Å². The number of hydrogen-bond acceptors (Lipinski definition) is 4. The smallest absolute Gasteiger partial charge is 0.341 e. The van der Waals surface area contributed by atoms with Crippen molar-refractivity contribution < 1.29 is 14.3 Å². The summed E-state index contributed by atoms with van der Waals surface area (Å²) in [6.07, 6.45) is 0.989. The summed E-state index contributed by atoms with van der Waals surface area (Å²) in [6.45, 7) is 4.08. The molecule has 0 bridgehead atoms. The Hall–Kier alpha value is -2.44. The molecular weight excluding hydrogens is 450 g/mol. The average molecular weight is 472 g/mol. The third-order valence-electron chi connectivity index (χ3n) is 4.44. The van der Waals surface area contributed by atoms with Crippen molar-refractivity contribution in [3.63, 3.8) is 0 Å². The van der Waals surface area contributed by atoms with Gasteiger partial charge in [-0.15, -0.1) is 11.3 Å². The van der Waals surface area contributed by atoms with Crippen LogP contribution in [-0.2, 0) is 16.0 Å². The maximum atomic E-state index is 12.6. The van der Waals surface area contributed by atoms with E-state index in [1.165, 1.54) is 16.9 Å². The molecule has 1 amide bonds. The third-order valence-corrected chi connectivity index (χ3v) is 5.86. The van der Waals surface area contributed by atoms with Gasteiger partial charge in [0.25, 0.3) is 0 Å². The molecule has 0 unspecified atom stereocenters. The average Bonchev–Trinajstić information content (AvgIpc) is 3.12. The first-order chi connectivity index (χ1) is 14.0. The van der Waals surface area contributed by atoms with Crippen LogP contribution in [0.5, 0.6) is 0 Å². The van der Waals surface area contributed by atoms with Crippen molar-refractivity contribution in [3.05, 3.63) is 75.1 Å². The third kappa shape index (κ3) is 5.55. The molecule has 0 aliphatic heterocycles. The number of benzene rings is 2. The van der Waals surface area contributed by atoms with Gasteiger partial charge in [-0.1, -0.05) is 57.9 Å². The number of carbonyl (C=O) groups excluding carboxylic acids is 2. The molecule has 3 rings (SSSR count). The van der Waals surface area contributed by atoms with Crippen LogP contribution >= 0.6 is 27.3 Å². The normalized spacial score (nSPS) is 10.6. The Morgan fingerprint density at radius 3 is 2.41 bits per heavy atom. The van der Waals surface area contributed by atoms with E-state index < -0.39 is 5.97 Å². The number of nitrogens with one attached hydrogen (secondary N) is 1. The summed E-state index contributed by atoms with van der Waals surface area (Å²) in [7, 11) is 0. The number of aryl methyl sites for hydroxylation is 2. The zero-order valence-corrected chi connectivity index (χ0v) is 18.7. The first-order valence-electron chi connectivity index (χ1n) is 9.38. The van der Waals surface area contributed by atoms with Crippen molar-refractivity contribution in [3.8, 4) is 11.1 Å². The molecule has 0 aliphatic carbocycles. The molecule has 2 aromatic carbocycles. The first-order valence-corrected chi connectivity index (χ1v) is 11.0. The van der Waals surface area contributed by atoms with E-state index >= 15 is 0 Å². The fraction of sp³-hybridized carbons (Fsp3) is 0.217.